The lowest BCUT2D eigenvalue weighted by atomic mass is 9.93. The van der Waals surface area contributed by atoms with Crippen molar-refractivity contribution in [1.29, 1.82) is 0 Å². The average Bonchev–Trinajstić information content (AvgIpc) is 3.12. The fraction of sp³-hybridized carbons (Fsp3) is 0.227. The van der Waals surface area contributed by atoms with E-state index in [1.807, 2.05) is 36.5 Å². The van der Waals surface area contributed by atoms with E-state index >= 15 is 0 Å². The van der Waals surface area contributed by atoms with E-state index in [0.29, 0.717) is 18.7 Å². The Morgan fingerprint density at radius 3 is 2.85 bits per heavy atom. The number of para-hydroxylation sites is 2. The molecule has 3 N–H and O–H groups in total. The third-order valence-electron chi connectivity index (χ3n) is 4.95. The molecule has 0 saturated carbocycles. The summed E-state index contributed by atoms with van der Waals surface area (Å²) in [5.41, 5.74) is 4.22. The van der Waals surface area contributed by atoms with Crippen LogP contribution in [0.25, 0.3) is 16.5 Å². The largest absolute Gasteiger partial charge is 0.507 e. The molecule has 1 unspecified atom stereocenters. The lowest BCUT2D eigenvalue weighted by molar-refractivity contribution is -0.118. The average molecular weight is 378 g/mol. The molecule has 27 heavy (non-hydrogen) atoms. The minimum atomic E-state index is -0.194. The zero-order valence-corrected chi connectivity index (χ0v) is 15.8. The van der Waals surface area contributed by atoms with Gasteiger partial charge in [0.05, 0.1) is 11.8 Å². The van der Waals surface area contributed by atoms with Gasteiger partial charge in [-0.2, -0.15) is 0 Å². The number of Topliss-reactive ketones (excluding diaryl/α,β-unsaturated/α-hetero) is 1. The predicted molar refractivity (Wildman–Crippen MR) is 112 cm³/mol. The summed E-state index contributed by atoms with van der Waals surface area (Å²) in [5, 5.41) is 14.6. The highest BCUT2D eigenvalue weighted by atomic mass is 32.2. The van der Waals surface area contributed by atoms with Crippen molar-refractivity contribution in [2.75, 3.05) is 12.3 Å². The van der Waals surface area contributed by atoms with Crippen molar-refractivity contribution in [2.24, 2.45) is 0 Å². The van der Waals surface area contributed by atoms with Crippen molar-refractivity contribution in [3.05, 3.63) is 71.9 Å². The number of phenolic OH excluding ortho intramolecular Hbond substituents is 1. The molecule has 2 aromatic carbocycles. The number of hydrogen-bond acceptors (Lipinski definition) is 4. The number of rotatable bonds is 6. The third kappa shape index (κ3) is 3.94. The van der Waals surface area contributed by atoms with E-state index in [-0.39, 0.29) is 17.6 Å². The first kappa shape index (κ1) is 17.9. The molecule has 0 spiro atoms. The van der Waals surface area contributed by atoms with E-state index in [0.717, 1.165) is 22.4 Å². The van der Waals surface area contributed by atoms with Crippen LogP contribution in [0.15, 0.2) is 60.8 Å². The third-order valence-corrected chi connectivity index (χ3v) is 5.96. The van der Waals surface area contributed by atoms with Crippen molar-refractivity contribution in [2.45, 2.75) is 18.2 Å². The van der Waals surface area contributed by atoms with Crippen molar-refractivity contribution >= 4 is 34.0 Å². The Hall–Kier alpha value is -2.50. The van der Waals surface area contributed by atoms with E-state index in [4.69, 9.17) is 0 Å². The highest BCUT2D eigenvalue weighted by molar-refractivity contribution is 7.99. The number of aromatic amines is 1. The number of carbonyl (C=O) groups is 1. The maximum absolute atomic E-state index is 12.7. The minimum Gasteiger partial charge on any atom is -0.507 e. The SMILES string of the molecule is O=C(CSCc1c[nH]c2ccccc12)C1CC(c2ccccc2O)=CCN1. The van der Waals surface area contributed by atoms with Crippen molar-refractivity contribution in [1.82, 2.24) is 10.3 Å². The summed E-state index contributed by atoms with van der Waals surface area (Å²) in [5.74, 6) is 1.77. The molecule has 1 aliphatic heterocycles. The fourth-order valence-electron chi connectivity index (χ4n) is 3.51. The second kappa shape index (κ2) is 8.03. The second-order valence-electron chi connectivity index (χ2n) is 6.73. The Morgan fingerprint density at radius 2 is 1.96 bits per heavy atom. The molecule has 5 heteroatoms. The summed E-state index contributed by atoms with van der Waals surface area (Å²) in [7, 11) is 0. The van der Waals surface area contributed by atoms with Gasteiger partial charge in [0.25, 0.3) is 0 Å². The molecule has 1 atom stereocenters. The number of H-pyrrole nitrogens is 1. The fourth-order valence-corrected chi connectivity index (χ4v) is 4.47. The van der Waals surface area contributed by atoms with Crippen LogP contribution in [0.5, 0.6) is 5.75 Å². The molecule has 0 saturated heterocycles. The van der Waals surface area contributed by atoms with Gasteiger partial charge in [0, 0.05) is 35.0 Å². The molecule has 0 amide bonds. The number of fused-ring (bicyclic) bond motifs is 1. The van der Waals surface area contributed by atoms with Gasteiger partial charge in [-0.1, -0.05) is 42.5 Å². The molecule has 4 nitrogen and oxygen atoms in total. The lowest BCUT2D eigenvalue weighted by Crippen LogP contribution is -2.40. The molecule has 138 valence electrons. The summed E-state index contributed by atoms with van der Waals surface area (Å²) < 4.78 is 0. The van der Waals surface area contributed by atoms with Gasteiger partial charge in [0.1, 0.15) is 5.75 Å². The van der Waals surface area contributed by atoms with Crippen LogP contribution in [0, 0.1) is 0 Å². The molecular weight excluding hydrogens is 356 g/mol. The zero-order chi connectivity index (χ0) is 18.6. The van der Waals surface area contributed by atoms with Gasteiger partial charge in [0.2, 0.25) is 0 Å². The van der Waals surface area contributed by atoms with Crippen molar-refractivity contribution < 1.29 is 9.90 Å². The van der Waals surface area contributed by atoms with E-state index in [2.05, 4.69) is 28.5 Å². The number of ketones is 1. The first-order valence-electron chi connectivity index (χ1n) is 9.08. The number of aromatic hydroxyl groups is 1. The molecule has 0 radical (unpaired) electrons. The van der Waals surface area contributed by atoms with Crippen molar-refractivity contribution in [3.63, 3.8) is 0 Å². The molecule has 2 heterocycles. The van der Waals surface area contributed by atoms with Crippen LogP contribution in [0.2, 0.25) is 0 Å². The van der Waals surface area contributed by atoms with E-state index in [9.17, 15) is 9.90 Å². The van der Waals surface area contributed by atoms with E-state index in [1.165, 1.54) is 10.9 Å². The summed E-state index contributed by atoms with van der Waals surface area (Å²) >= 11 is 1.65. The number of thioether (sulfide) groups is 1. The Bertz CT molecular complexity index is 993. The quantitative estimate of drug-likeness (QED) is 0.604. The van der Waals surface area contributed by atoms with Gasteiger partial charge in [-0.25, -0.2) is 0 Å². The number of nitrogens with one attached hydrogen (secondary N) is 2. The summed E-state index contributed by atoms with van der Waals surface area (Å²) in [6.07, 6.45) is 4.70. The number of carbonyl (C=O) groups excluding carboxylic acids is 1. The van der Waals surface area contributed by atoms with Crippen LogP contribution in [0.1, 0.15) is 17.5 Å². The Kier molecular flexibility index (Phi) is 5.32. The smallest absolute Gasteiger partial charge is 0.159 e. The standard InChI is InChI=1S/C22H22N2O2S/c25-21-8-4-2-6-18(21)15-9-10-23-20(11-15)22(26)14-27-13-16-12-24-19-7-3-1-5-17(16)19/h1-9,12,20,23-25H,10-11,13-14H2. The second-order valence-corrected chi connectivity index (χ2v) is 7.72. The summed E-state index contributed by atoms with van der Waals surface area (Å²) in [4.78, 5) is 15.9. The number of aromatic nitrogens is 1. The molecule has 3 aromatic rings. The van der Waals surface area contributed by atoms with Crippen LogP contribution < -0.4 is 5.32 Å². The van der Waals surface area contributed by atoms with E-state index in [1.54, 1.807) is 17.8 Å². The Labute approximate surface area is 162 Å². The molecule has 0 fully saturated rings. The van der Waals surface area contributed by atoms with Gasteiger partial charge < -0.3 is 15.4 Å². The summed E-state index contributed by atoms with van der Waals surface area (Å²) in [6.45, 7) is 0.646. The maximum Gasteiger partial charge on any atom is 0.159 e. The van der Waals surface area contributed by atoms with Gasteiger partial charge in [-0.3, -0.25) is 4.79 Å². The van der Waals surface area contributed by atoms with Gasteiger partial charge >= 0.3 is 0 Å². The van der Waals surface area contributed by atoms with Gasteiger partial charge in [0.15, 0.2) is 5.78 Å². The molecular formula is C22H22N2O2S. The minimum absolute atomic E-state index is 0.194. The predicted octanol–water partition coefficient (Wildman–Crippen LogP) is 4.12. The summed E-state index contributed by atoms with van der Waals surface area (Å²) in [6, 6.07) is 15.3. The normalized spacial score (nSPS) is 17.0. The number of hydrogen-bond donors (Lipinski definition) is 3. The number of benzene rings is 2. The highest BCUT2D eigenvalue weighted by Crippen LogP contribution is 2.30. The topological polar surface area (TPSA) is 65.1 Å². The lowest BCUT2D eigenvalue weighted by Gasteiger charge is -2.23. The maximum atomic E-state index is 12.7. The molecule has 0 bridgehead atoms. The van der Waals surface area contributed by atoms with E-state index < -0.39 is 0 Å². The van der Waals surface area contributed by atoms with Crippen LogP contribution >= 0.6 is 11.8 Å². The van der Waals surface area contributed by atoms with Crippen LogP contribution in [-0.2, 0) is 10.5 Å². The Morgan fingerprint density at radius 1 is 1.15 bits per heavy atom. The van der Waals surface area contributed by atoms with Gasteiger partial charge in [-0.05, 0) is 29.7 Å². The monoisotopic (exact) mass is 378 g/mol. The molecule has 1 aliphatic rings. The van der Waals surface area contributed by atoms with Gasteiger partial charge in [-0.15, -0.1) is 11.8 Å². The first-order valence-corrected chi connectivity index (χ1v) is 10.2. The zero-order valence-electron chi connectivity index (χ0n) is 14.9. The molecule has 1 aromatic heterocycles. The molecule has 0 aliphatic carbocycles. The molecule has 4 rings (SSSR count). The first-order chi connectivity index (χ1) is 13.2. The van der Waals surface area contributed by atoms with Crippen molar-refractivity contribution in [3.8, 4) is 5.75 Å². The Balaban J connectivity index is 1.35. The number of phenols is 1. The van der Waals surface area contributed by atoms with Crippen LogP contribution in [-0.4, -0.2) is 34.2 Å². The highest BCUT2D eigenvalue weighted by Gasteiger charge is 2.23. The van der Waals surface area contributed by atoms with Crippen LogP contribution in [0.3, 0.4) is 0 Å². The van der Waals surface area contributed by atoms with Crippen LogP contribution in [0.4, 0.5) is 0 Å².